The van der Waals surface area contributed by atoms with Crippen LogP contribution in [0.3, 0.4) is 0 Å². The normalized spacial score (nSPS) is 14.8. The maximum Gasteiger partial charge on any atom is 0.203 e. The summed E-state index contributed by atoms with van der Waals surface area (Å²) in [4.78, 5) is 7.26. The Bertz CT molecular complexity index is 1190. The van der Waals surface area contributed by atoms with Crippen LogP contribution in [0.4, 0.5) is 5.13 Å². The summed E-state index contributed by atoms with van der Waals surface area (Å²) in [5.74, 6) is 1.66. The maximum atomic E-state index is 13.0. The molecule has 0 aliphatic carbocycles. The number of ether oxygens (including phenoxy) is 3. The standard InChI is InChI=1S/C23H25ClN2O5S2/c1-29-20-12-15(13-21(30-2)22(20)31-3)19-14-32-23(25-19)26-10-8-18(9-11-26)33(27,28)17-6-4-16(24)5-7-17/h4-7,12-14,18H,8-11H2,1-3H3. The molecular weight excluding hydrogens is 484 g/mol. The Morgan fingerprint density at radius 1 is 1.00 bits per heavy atom. The molecule has 2 heterocycles. The van der Waals surface area contributed by atoms with Gasteiger partial charge >= 0.3 is 0 Å². The van der Waals surface area contributed by atoms with E-state index in [0.717, 1.165) is 16.4 Å². The lowest BCUT2D eigenvalue weighted by atomic mass is 10.1. The fourth-order valence-corrected chi connectivity index (χ4v) is 6.69. The minimum atomic E-state index is -3.39. The van der Waals surface area contributed by atoms with Crippen molar-refractivity contribution in [2.75, 3.05) is 39.3 Å². The predicted molar refractivity (Wildman–Crippen MR) is 131 cm³/mol. The van der Waals surface area contributed by atoms with Gasteiger partial charge in [-0.2, -0.15) is 0 Å². The van der Waals surface area contributed by atoms with E-state index in [1.165, 1.54) is 11.3 Å². The second-order valence-electron chi connectivity index (χ2n) is 7.61. The summed E-state index contributed by atoms with van der Waals surface area (Å²) in [7, 11) is 1.34. The zero-order valence-corrected chi connectivity index (χ0v) is 21.0. The first-order chi connectivity index (χ1) is 15.9. The van der Waals surface area contributed by atoms with Crippen molar-refractivity contribution in [2.24, 2.45) is 0 Å². The molecule has 7 nitrogen and oxygen atoms in total. The maximum absolute atomic E-state index is 13.0. The number of halogens is 1. The van der Waals surface area contributed by atoms with Gasteiger partial charge in [0.2, 0.25) is 5.75 Å². The third-order valence-corrected chi connectivity index (χ3v) is 9.18. The van der Waals surface area contributed by atoms with Gasteiger partial charge < -0.3 is 19.1 Å². The van der Waals surface area contributed by atoms with Crippen molar-refractivity contribution < 1.29 is 22.6 Å². The van der Waals surface area contributed by atoms with E-state index in [1.54, 1.807) is 45.6 Å². The molecule has 1 saturated heterocycles. The topological polar surface area (TPSA) is 78.0 Å². The Balaban J connectivity index is 1.49. The molecular formula is C23H25ClN2O5S2. The second kappa shape index (κ2) is 9.79. The SMILES string of the molecule is COc1cc(-c2csc(N3CCC(S(=O)(=O)c4ccc(Cl)cc4)CC3)n2)cc(OC)c1OC. The van der Waals surface area contributed by atoms with Crippen LogP contribution in [-0.2, 0) is 9.84 Å². The average Bonchev–Trinajstić information content (AvgIpc) is 3.34. The molecule has 0 bridgehead atoms. The highest BCUT2D eigenvalue weighted by atomic mass is 35.5. The van der Waals surface area contributed by atoms with Crippen LogP contribution < -0.4 is 19.1 Å². The molecule has 33 heavy (non-hydrogen) atoms. The zero-order valence-electron chi connectivity index (χ0n) is 18.6. The largest absolute Gasteiger partial charge is 0.493 e. The summed E-state index contributed by atoms with van der Waals surface area (Å²) >= 11 is 7.43. The van der Waals surface area contributed by atoms with E-state index >= 15 is 0 Å². The second-order valence-corrected chi connectivity index (χ2v) is 11.1. The molecule has 10 heteroatoms. The van der Waals surface area contributed by atoms with Gasteiger partial charge in [0.15, 0.2) is 26.5 Å². The Morgan fingerprint density at radius 3 is 2.15 bits per heavy atom. The van der Waals surface area contributed by atoms with Gasteiger partial charge in [-0.25, -0.2) is 13.4 Å². The van der Waals surface area contributed by atoms with Crippen LogP contribution in [0.15, 0.2) is 46.7 Å². The third kappa shape index (κ3) is 4.76. The summed E-state index contributed by atoms with van der Waals surface area (Å²) in [6, 6.07) is 10.1. The summed E-state index contributed by atoms with van der Waals surface area (Å²) in [6.45, 7) is 1.25. The van der Waals surface area contributed by atoms with Crippen molar-refractivity contribution in [3.05, 3.63) is 46.8 Å². The van der Waals surface area contributed by atoms with Gasteiger partial charge in [0.1, 0.15) is 0 Å². The van der Waals surface area contributed by atoms with Crippen LogP contribution in [0, 0.1) is 0 Å². The minimum absolute atomic E-state index is 0.323. The summed E-state index contributed by atoms with van der Waals surface area (Å²) in [5, 5.41) is 2.95. The molecule has 0 saturated carbocycles. The van der Waals surface area contributed by atoms with Gasteiger partial charge in [-0.3, -0.25) is 0 Å². The quantitative estimate of drug-likeness (QED) is 0.447. The molecule has 0 radical (unpaired) electrons. The molecule has 0 N–H and O–H groups in total. The van der Waals surface area contributed by atoms with Gasteiger partial charge in [-0.1, -0.05) is 11.6 Å². The molecule has 2 aromatic carbocycles. The third-order valence-electron chi connectivity index (χ3n) is 5.75. The van der Waals surface area contributed by atoms with Crippen LogP contribution in [0.2, 0.25) is 5.02 Å². The molecule has 0 atom stereocenters. The summed E-state index contributed by atoms with van der Waals surface area (Å²) < 4.78 is 42.3. The highest BCUT2D eigenvalue weighted by Crippen LogP contribution is 2.42. The van der Waals surface area contributed by atoms with Crippen molar-refractivity contribution in [3.63, 3.8) is 0 Å². The Morgan fingerprint density at radius 2 is 1.61 bits per heavy atom. The fraction of sp³-hybridized carbons (Fsp3) is 0.348. The molecule has 3 aromatic rings. The number of sulfone groups is 1. The Labute approximate surface area is 202 Å². The molecule has 176 valence electrons. The van der Waals surface area contributed by atoms with Crippen LogP contribution in [-0.4, -0.2) is 53.1 Å². The number of anilines is 1. The minimum Gasteiger partial charge on any atom is -0.493 e. The fourth-order valence-electron chi connectivity index (χ4n) is 3.95. The lowest BCUT2D eigenvalue weighted by Crippen LogP contribution is -2.39. The van der Waals surface area contributed by atoms with Gasteiger partial charge in [-0.15, -0.1) is 11.3 Å². The lowest BCUT2D eigenvalue weighted by molar-refractivity contribution is 0.324. The average molecular weight is 509 g/mol. The Hall–Kier alpha value is -2.49. The van der Waals surface area contributed by atoms with Crippen molar-refractivity contribution in [1.82, 2.24) is 4.98 Å². The highest BCUT2D eigenvalue weighted by Gasteiger charge is 2.32. The van der Waals surface area contributed by atoms with Gasteiger partial charge in [-0.05, 0) is 49.2 Å². The summed E-state index contributed by atoms with van der Waals surface area (Å²) in [5.41, 5.74) is 1.65. The first-order valence-electron chi connectivity index (χ1n) is 10.4. The first-order valence-corrected chi connectivity index (χ1v) is 13.2. The van der Waals surface area contributed by atoms with Crippen molar-refractivity contribution in [3.8, 4) is 28.5 Å². The van der Waals surface area contributed by atoms with Gasteiger partial charge in [0.25, 0.3) is 0 Å². The molecule has 0 amide bonds. The first kappa shape index (κ1) is 23.7. The number of hydrogen-bond acceptors (Lipinski definition) is 8. The van der Waals surface area contributed by atoms with Crippen LogP contribution in [0.1, 0.15) is 12.8 Å². The highest BCUT2D eigenvalue weighted by molar-refractivity contribution is 7.92. The van der Waals surface area contributed by atoms with E-state index in [-0.39, 0.29) is 0 Å². The molecule has 0 unspecified atom stereocenters. The van der Waals surface area contributed by atoms with Crippen LogP contribution in [0.5, 0.6) is 17.2 Å². The van der Waals surface area contributed by atoms with Crippen LogP contribution >= 0.6 is 22.9 Å². The smallest absolute Gasteiger partial charge is 0.203 e. The zero-order chi connectivity index (χ0) is 23.6. The van der Waals surface area contributed by atoms with E-state index in [0.29, 0.717) is 53.1 Å². The lowest BCUT2D eigenvalue weighted by Gasteiger charge is -2.31. The molecule has 4 rings (SSSR count). The predicted octanol–water partition coefficient (Wildman–Crippen LogP) is 4.93. The number of methoxy groups -OCH3 is 3. The number of hydrogen-bond donors (Lipinski definition) is 0. The summed E-state index contributed by atoms with van der Waals surface area (Å²) in [6.07, 6.45) is 1.09. The van der Waals surface area contributed by atoms with Crippen molar-refractivity contribution in [2.45, 2.75) is 23.0 Å². The van der Waals surface area contributed by atoms with E-state index in [1.807, 2.05) is 17.5 Å². The van der Waals surface area contributed by atoms with Gasteiger partial charge in [0.05, 0.1) is 37.2 Å². The van der Waals surface area contributed by atoms with Crippen molar-refractivity contribution in [1.29, 1.82) is 0 Å². The molecule has 1 fully saturated rings. The number of aromatic nitrogens is 1. The molecule has 1 aliphatic heterocycles. The number of rotatable bonds is 7. The van der Waals surface area contributed by atoms with E-state index in [9.17, 15) is 8.42 Å². The molecule has 1 aromatic heterocycles. The van der Waals surface area contributed by atoms with E-state index < -0.39 is 15.1 Å². The van der Waals surface area contributed by atoms with E-state index in [4.69, 9.17) is 30.8 Å². The number of thiazole rings is 1. The van der Waals surface area contributed by atoms with Crippen LogP contribution in [0.25, 0.3) is 11.3 Å². The number of benzene rings is 2. The number of nitrogens with zero attached hydrogens (tertiary/aromatic N) is 2. The van der Waals surface area contributed by atoms with E-state index in [2.05, 4.69) is 4.90 Å². The monoisotopic (exact) mass is 508 g/mol. The molecule has 0 spiro atoms. The van der Waals surface area contributed by atoms with Crippen molar-refractivity contribution >= 4 is 37.9 Å². The van der Waals surface area contributed by atoms with Gasteiger partial charge in [0, 0.05) is 29.1 Å². The Kier molecular flexibility index (Phi) is 7.02. The molecule has 1 aliphatic rings. The number of piperidine rings is 1.